The van der Waals surface area contributed by atoms with Crippen LogP contribution in [0.1, 0.15) is 18.4 Å². The summed E-state index contributed by atoms with van der Waals surface area (Å²) in [6.45, 7) is 3.88. The van der Waals surface area contributed by atoms with Gasteiger partial charge in [0.15, 0.2) is 0 Å². The van der Waals surface area contributed by atoms with Gasteiger partial charge in [-0.1, -0.05) is 12.1 Å². The third kappa shape index (κ3) is 3.31. The summed E-state index contributed by atoms with van der Waals surface area (Å²) in [5.41, 5.74) is 2.27. The van der Waals surface area contributed by atoms with Crippen molar-refractivity contribution in [2.75, 3.05) is 19.7 Å². The number of benzene rings is 1. The Kier molecular flexibility index (Phi) is 4.06. The van der Waals surface area contributed by atoms with E-state index in [-0.39, 0.29) is 0 Å². The molecule has 3 nitrogen and oxygen atoms in total. The highest BCUT2D eigenvalue weighted by Gasteiger charge is 2.13. The normalized spacial score (nSPS) is 19.1. The van der Waals surface area contributed by atoms with Crippen molar-refractivity contribution in [1.29, 1.82) is 0 Å². The highest BCUT2D eigenvalue weighted by molar-refractivity contribution is 5.78. The molecule has 1 fully saturated rings. The molecule has 0 amide bonds. The molecule has 2 heterocycles. The zero-order valence-corrected chi connectivity index (χ0v) is 11.1. The van der Waals surface area contributed by atoms with E-state index in [1.807, 2.05) is 12.3 Å². The molecule has 2 aromatic rings. The van der Waals surface area contributed by atoms with Crippen LogP contribution in [0.25, 0.3) is 10.9 Å². The van der Waals surface area contributed by atoms with Crippen molar-refractivity contribution < 1.29 is 4.74 Å². The zero-order valence-electron chi connectivity index (χ0n) is 11.1. The lowest BCUT2D eigenvalue weighted by atomic mass is 10.1. The second kappa shape index (κ2) is 6.13. The predicted molar refractivity (Wildman–Crippen MR) is 77.0 cm³/mol. The van der Waals surface area contributed by atoms with Crippen molar-refractivity contribution >= 4 is 10.9 Å². The van der Waals surface area contributed by atoms with E-state index in [0.29, 0.717) is 6.61 Å². The summed E-state index contributed by atoms with van der Waals surface area (Å²) in [4.78, 5) is 4.32. The Hall–Kier alpha value is -1.45. The number of nitrogens with one attached hydrogen (secondary N) is 1. The van der Waals surface area contributed by atoms with E-state index in [0.717, 1.165) is 24.6 Å². The van der Waals surface area contributed by atoms with Gasteiger partial charge in [-0.05, 0) is 55.6 Å². The molecule has 0 spiro atoms. The number of rotatable bonds is 5. The predicted octanol–water partition coefficient (Wildman–Crippen LogP) is 2.75. The second-order valence-corrected chi connectivity index (χ2v) is 5.23. The van der Waals surface area contributed by atoms with Crippen LogP contribution in [0.15, 0.2) is 36.5 Å². The molecule has 3 rings (SSSR count). The first-order valence-corrected chi connectivity index (χ1v) is 7.04. The van der Waals surface area contributed by atoms with Crippen LogP contribution < -0.4 is 5.32 Å². The summed E-state index contributed by atoms with van der Waals surface area (Å²) >= 11 is 0. The van der Waals surface area contributed by atoms with Gasteiger partial charge in [-0.15, -0.1) is 0 Å². The van der Waals surface area contributed by atoms with Crippen LogP contribution in [-0.2, 0) is 11.3 Å². The number of hydrogen-bond donors (Lipinski definition) is 1. The van der Waals surface area contributed by atoms with Gasteiger partial charge in [0.2, 0.25) is 0 Å². The van der Waals surface area contributed by atoms with E-state index in [4.69, 9.17) is 4.74 Å². The molecule has 1 atom stereocenters. The van der Waals surface area contributed by atoms with E-state index >= 15 is 0 Å². The number of nitrogens with zero attached hydrogens (tertiary/aromatic N) is 1. The number of fused-ring (bicyclic) bond motifs is 1. The lowest BCUT2D eigenvalue weighted by Crippen LogP contribution is -2.10. The summed E-state index contributed by atoms with van der Waals surface area (Å²) in [5, 5.41) is 4.57. The molecule has 0 radical (unpaired) electrons. The van der Waals surface area contributed by atoms with E-state index in [9.17, 15) is 0 Å². The largest absolute Gasteiger partial charge is 0.377 e. The molecular formula is C16H20N2O. The average molecular weight is 256 g/mol. The van der Waals surface area contributed by atoms with Crippen LogP contribution >= 0.6 is 0 Å². The summed E-state index contributed by atoms with van der Waals surface area (Å²) in [5.74, 6) is 0.806. The van der Waals surface area contributed by atoms with Gasteiger partial charge in [0.1, 0.15) is 0 Å². The quantitative estimate of drug-likeness (QED) is 0.835. The van der Waals surface area contributed by atoms with Crippen molar-refractivity contribution in [2.24, 2.45) is 5.92 Å². The molecule has 0 aliphatic carbocycles. The Morgan fingerprint density at radius 1 is 1.32 bits per heavy atom. The number of aromatic nitrogens is 1. The number of pyridine rings is 1. The van der Waals surface area contributed by atoms with E-state index < -0.39 is 0 Å². The van der Waals surface area contributed by atoms with Gasteiger partial charge >= 0.3 is 0 Å². The summed E-state index contributed by atoms with van der Waals surface area (Å²) in [6, 6.07) is 10.4. The monoisotopic (exact) mass is 256 g/mol. The Morgan fingerprint density at radius 3 is 3.21 bits per heavy atom. The lowest BCUT2D eigenvalue weighted by molar-refractivity contribution is 0.109. The van der Waals surface area contributed by atoms with Crippen LogP contribution in [-0.4, -0.2) is 24.7 Å². The minimum Gasteiger partial charge on any atom is -0.377 e. The molecule has 100 valence electrons. The van der Waals surface area contributed by atoms with Crippen LogP contribution in [0.2, 0.25) is 0 Å². The maximum Gasteiger partial charge on any atom is 0.0717 e. The fourth-order valence-electron chi connectivity index (χ4n) is 2.62. The highest BCUT2D eigenvalue weighted by Crippen LogP contribution is 2.15. The third-order valence-corrected chi connectivity index (χ3v) is 3.77. The molecule has 0 bridgehead atoms. The van der Waals surface area contributed by atoms with Crippen molar-refractivity contribution in [3.8, 4) is 0 Å². The topological polar surface area (TPSA) is 34.1 Å². The molecule has 1 unspecified atom stereocenters. The summed E-state index contributed by atoms with van der Waals surface area (Å²) < 4.78 is 5.78. The summed E-state index contributed by atoms with van der Waals surface area (Å²) in [7, 11) is 0. The second-order valence-electron chi connectivity index (χ2n) is 5.23. The molecule has 3 heteroatoms. The summed E-state index contributed by atoms with van der Waals surface area (Å²) in [6.07, 6.45) is 4.29. The highest BCUT2D eigenvalue weighted by atomic mass is 16.5. The lowest BCUT2D eigenvalue weighted by Gasteiger charge is -2.09. The van der Waals surface area contributed by atoms with E-state index in [1.54, 1.807) is 0 Å². The smallest absolute Gasteiger partial charge is 0.0717 e. The molecule has 1 aromatic carbocycles. The Bertz CT molecular complexity index is 535. The molecule has 0 saturated carbocycles. The molecule has 1 aliphatic rings. The van der Waals surface area contributed by atoms with Crippen molar-refractivity contribution in [2.45, 2.75) is 19.4 Å². The Balaban J connectivity index is 1.50. The van der Waals surface area contributed by atoms with Gasteiger partial charge in [0.05, 0.1) is 12.1 Å². The number of ether oxygens (including phenoxy) is 1. The van der Waals surface area contributed by atoms with Crippen LogP contribution in [0.5, 0.6) is 0 Å². The first-order chi connectivity index (χ1) is 9.42. The molecule has 1 aliphatic heterocycles. The van der Waals surface area contributed by atoms with Crippen LogP contribution in [0.4, 0.5) is 0 Å². The Morgan fingerprint density at radius 2 is 2.32 bits per heavy atom. The molecule has 1 saturated heterocycles. The van der Waals surface area contributed by atoms with Crippen molar-refractivity contribution in [3.63, 3.8) is 0 Å². The van der Waals surface area contributed by atoms with Gasteiger partial charge in [0, 0.05) is 18.2 Å². The van der Waals surface area contributed by atoms with Crippen LogP contribution in [0.3, 0.4) is 0 Å². The Labute approximate surface area is 114 Å². The van der Waals surface area contributed by atoms with Gasteiger partial charge in [-0.25, -0.2) is 0 Å². The maximum absolute atomic E-state index is 5.78. The standard InChI is InChI=1S/C16H20N2O/c1-2-15-10-14(3-4-16(15)18-7-1)12-19-9-6-13-5-8-17-11-13/h1-4,7,10,13,17H,5-6,8-9,11-12H2. The first kappa shape index (κ1) is 12.6. The average Bonchev–Trinajstić information content (AvgIpc) is 2.97. The molecule has 1 N–H and O–H groups in total. The molecule has 19 heavy (non-hydrogen) atoms. The van der Waals surface area contributed by atoms with Crippen molar-refractivity contribution in [3.05, 3.63) is 42.1 Å². The van der Waals surface area contributed by atoms with E-state index in [1.165, 1.54) is 30.3 Å². The minimum atomic E-state index is 0.699. The SMILES string of the molecule is c1cnc2ccc(COCCC3CCNC3)cc2c1. The minimum absolute atomic E-state index is 0.699. The van der Waals surface area contributed by atoms with Gasteiger partial charge in [0.25, 0.3) is 0 Å². The van der Waals surface area contributed by atoms with Crippen molar-refractivity contribution in [1.82, 2.24) is 10.3 Å². The van der Waals surface area contributed by atoms with E-state index in [2.05, 4.69) is 34.6 Å². The third-order valence-electron chi connectivity index (χ3n) is 3.77. The fourth-order valence-corrected chi connectivity index (χ4v) is 2.62. The van der Waals surface area contributed by atoms with Gasteiger partial charge < -0.3 is 10.1 Å². The fraction of sp³-hybridized carbons (Fsp3) is 0.438. The number of hydrogen-bond acceptors (Lipinski definition) is 3. The van der Waals surface area contributed by atoms with Gasteiger partial charge in [-0.2, -0.15) is 0 Å². The molecule has 1 aromatic heterocycles. The maximum atomic E-state index is 5.78. The van der Waals surface area contributed by atoms with Crippen LogP contribution in [0, 0.1) is 5.92 Å². The zero-order chi connectivity index (χ0) is 12.9. The molecular weight excluding hydrogens is 236 g/mol. The van der Waals surface area contributed by atoms with Gasteiger partial charge in [-0.3, -0.25) is 4.98 Å². The first-order valence-electron chi connectivity index (χ1n) is 7.04.